The van der Waals surface area contributed by atoms with Crippen LogP contribution in [0.3, 0.4) is 0 Å². The van der Waals surface area contributed by atoms with Crippen molar-refractivity contribution >= 4 is 16.3 Å². The van der Waals surface area contributed by atoms with Gasteiger partial charge in [-0.05, 0) is 17.8 Å². The van der Waals surface area contributed by atoms with E-state index in [1.54, 1.807) is 11.3 Å². The molecule has 17 heavy (non-hydrogen) atoms. The molecule has 5 heteroatoms. The minimum absolute atomic E-state index is 0.342. The van der Waals surface area contributed by atoms with Gasteiger partial charge in [0.15, 0.2) is 4.96 Å². The predicted octanol–water partition coefficient (Wildman–Crippen LogP) is 1.82. The highest BCUT2D eigenvalue weighted by atomic mass is 32.1. The van der Waals surface area contributed by atoms with Crippen LogP contribution in [0, 0.1) is 11.3 Å². The molecule has 92 valence electrons. The van der Waals surface area contributed by atoms with Gasteiger partial charge in [0.05, 0.1) is 5.69 Å². The van der Waals surface area contributed by atoms with Crippen LogP contribution in [-0.2, 0) is 6.42 Å². The van der Waals surface area contributed by atoms with Gasteiger partial charge in [-0.2, -0.15) is 0 Å². The fourth-order valence-electron chi connectivity index (χ4n) is 2.61. The number of nitrogens with two attached hydrogens (primary N) is 1. The summed E-state index contributed by atoms with van der Waals surface area (Å²) in [6.07, 6.45) is 6.32. The van der Waals surface area contributed by atoms with E-state index in [-0.39, 0.29) is 0 Å². The lowest BCUT2D eigenvalue weighted by Crippen LogP contribution is -2.39. The lowest BCUT2D eigenvalue weighted by atomic mass is 10.0. The van der Waals surface area contributed by atoms with E-state index in [1.807, 2.05) is 6.20 Å². The van der Waals surface area contributed by atoms with Crippen molar-refractivity contribution in [3.8, 4) is 0 Å². The van der Waals surface area contributed by atoms with Crippen molar-refractivity contribution < 1.29 is 0 Å². The summed E-state index contributed by atoms with van der Waals surface area (Å²) >= 11 is 1.67. The number of rotatable bonds is 4. The molecular formula is C12H18N4S. The third-order valence-corrected chi connectivity index (χ3v) is 4.63. The Hall–Kier alpha value is -0.910. The molecule has 1 fully saturated rings. The number of hydrogen-bond acceptors (Lipinski definition) is 4. The van der Waals surface area contributed by atoms with Crippen LogP contribution in [0.15, 0.2) is 17.8 Å². The first kappa shape index (κ1) is 11.2. The molecule has 0 saturated heterocycles. The molecule has 0 aliphatic heterocycles. The number of hydrogen-bond donors (Lipinski definition) is 2. The standard InChI is InChI=1S/C12H18N4S/c1-12(2)6-9(12)10(15-13)5-8-7-16-3-4-17-11(16)14-8/h3-4,7,9-10,15H,5-6,13H2,1-2H3. The maximum atomic E-state index is 5.67. The van der Waals surface area contributed by atoms with E-state index < -0.39 is 0 Å². The largest absolute Gasteiger partial charge is 0.297 e. The first-order chi connectivity index (χ1) is 8.10. The molecule has 4 nitrogen and oxygen atoms in total. The zero-order valence-electron chi connectivity index (χ0n) is 10.2. The van der Waals surface area contributed by atoms with Gasteiger partial charge in [0.1, 0.15) is 0 Å². The van der Waals surface area contributed by atoms with E-state index in [0.717, 1.165) is 17.1 Å². The van der Waals surface area contributed by atoms with Crippen LogP contribution in [0.4, 0.5) is 0 Å². The Morgan fingerprint density at radius 3 is 3.06 bits per heavy atom. The predicted molar refractivity (Wildman–Crippen MR) is 69.8 cm³/mol. The zero-order valence-corrected chi connectivity index (χ0v) is 11.0. The average Bonchev–Trinajstić information content (AvgIpc) is 2.66. The fourth-order valence-corrected chi connectivity index (χ4v) is 3.33. The molecule has 0 bridgehead atoms. The van der Waals surface area contributed by atoms with Gasteiger partial charge in [0, 0.05) is 30.2 Å². The molecule has 3 rings (SSSR count). The molecule has 0 amide bonds. The summed E-state index contributed by atoms with van der Waals surface area (Å²) in [5, 5.41) is 2.05. The molecule has 2 aromatic heterocycles. The number of nitrogens with zero attached hydrogens (tertiary/aromatic N) is 2. The first-order valence-corrected chi connectivity index (χ1v) is 6.85. The molecular weight excluding hydrogens is 232 g/mol. The van der Waals surface area contributed by atoms with Gasteiger partial charge in [-0.15, -0.1) is 11.3 Å². The monoisotopic (exact) mass is 250 g/mol. The number of fused-ring (bicyclic) bond motifs is 1. The van der Waals surface area contributed by atoms with Crippen molar-refractivity contribution in [3.05, 3.63) is 23.5 Å². The van der Waals surface area contributed by atoms with Gasteiger partial charge in [-0.25, -0.2) is 4.98 Å². The van der Waals surface area contributed by atoms with Crippen molar-refractivity contribution in [2.24, 2.45) is 17.2 Å². The normalized spacial score (nSPS) is 24.1. The second-order valence-corrected chi connectivity index (χ2v) is 6.47. The van der Waals surface area contributed by atoms with Gasteiger partial charge >= 0.3 is 0 Å². The van der Waals surface area contributed by atoms with Crippen molar-refractivity contribution in [2.75, 3.05) is 0 Å². The second kappa shape index (κ2) is 3.80. The first-order valence-electron chi connectivity index (χ1n) is 5.97. The molecule has 3 N–H and O–H groups in total. The van der Waals surface area contributed by atoms with Crippen LogP contribution in [0.2, 0.25) is 0 Å². The van der Waals surface area contributed by atoms with E-state index in [0.29, 0.717) is 17.4 Å². The van der Waals surface area contributed by atoms with Crippen LogP contribution in [-0.4, -0.2) is 15.4 Å². The molecule has 2 unspecified atom stereocenters. The Balaban J connectivity index is 1.75. The van der Waals surface area contributed by atoms with E-state index in [9.17, 15) is 0 Å². The minimum atomic E-state index is 0.342. The molecule has 2 atom stereocenters. The number of imidazole rings is 1. The Morgan fingerprint density at radius 1 is 1.71 bits per heavy atom. The molecule has 1 saturated carbocycles. The molecule has 0 aromatic carbocycles. The summed E-state index contributed by atoms with van der Waals surface area (Å²) in [7, 11) is 0. The number of nitrogens with one attached hydrogen (secondary N) is 1. The summed E-state index contributed by atoms with van der Waals surface area (Å²) in [5.74, 6) is 6.34. The lowest BCUT2D eigenvalue weighted by molar-refractivity contribution is 0.406. The lowest BCUT2D eigenvalue weighted by Gasteiger charge is -2.16. The molecule has 2 aromatic rings. The zero-order chi connectivity index (χ0) is 12.0. The molecule has 1 aliphatic carbocycles. The van der Waals surface area contributed by atoms with Crippen LogP contribution in [0.5, 0.6) is 0 Å². The van der Waals surface area contributed by atoms with Crippen LogP contribution in [0.1, 0.15) is 26.0 Å². The highest BCUT2D eigenvalue weighted by Crippen LogP contribution is 2.53. The summed E-state index contributed by atoms with van der Waals surface area (Å²) in [5.41, 5.74) is 4.52. The van der Waals surface area contributed by atoms with Gasteiger partial charge < -0.3 is 0 Å². The Labute approximate surface area is 105 Å². The van der Waals surface area contributed by atoms with Crippen molar-refractivity contribution in [1.82, 2.24) is 14.8 Å². The maximum Gasteiger partial charge on any atom is 0.193 e. The van der Waals surface area contributed by atoms with Crippen LogP contribution < -0.4 is 11.3 Å². The number of thiazole rings is 1. The van der Waals surface area contributed by atoms with E-state index >= 15 is 0 Å². The van der Waals surface area contributed by atoms with Crippen molar-refractivity contribution in [2.45, 2.75) is 32.7 Å². The molecule has 0 radical (unpaired) electrons. The Morgan fingerprint density at radius 2 is 2.47 bits per heavy atom. The van der Waals surface area contributed by atoms with Gasteiger partial charge in [-0.1, -0.05) is 13.8 Å². The molecule has 2 heterocycles. The third-order valence-electron chi connectivity index (χ3n) is 3.86. The fraction of sp³-hybridized carbons (Fsp3) is 0.583. The second-order valence-electron chi connectivity index (χ2n) is 5.60. The van der Waals surface area contributed by atoms with Crippen molar-refractivity contribution in [1.29, 1.82) is 0 Å². The molecule has 1 aliphatic rings. The van der Waals surface area contributed by atoms with Crippen molar-refractivity contribution in [3.63, 3.8) is 0 Å². The topological polar surface area (TPSA) is 55.3 Å². The number of aromatic nitrogens is 2. The summed E-state index contributed by atoms with van der Waals surface area (Å²) in [4.78, 5) is 5.67. The Bertz CT molecular complexity index is 499. The molecule has 0 spiro atoms. The van der Waals surface area contributed by atoms with Crippen LogP contribution >= 0.6 is 11.3 Å². The van der Waals surface area contributed by atoms with Gasteiger partial charge in [0.2, 0.25) is 0 Å². The average molecular weight is 250 g/mol. The highest BCUT2D eigenvalue weighted by Gasteiger charge is 2.49. The van der Waals surface area contributed by atoms with E-state index in [2.05, 4.69) is 40.2 Å². The Kier molecular flexibility index (Phi) is 2.50. The maximum absolute atomic E-state index is 5.67. The summed E-state index contributed by atoms with van der Waals surface area (Å²) in [6, 6.07) is 0.342. The quantitative estimate of drug-likeness (QED) is 0.643. The third kappa shape index (κ3) is 1.99. The van der Waals surface area contributed by atoms with Crippen LogP contribution in [0.25, 0.3) is 4.96 Å². The highest BCUT2D eigenvalue weighted by molar-refractivity contribution is 7.15. The van der Waals surface area contributed by atoms with E-state index in [4.69, 9.17) is 5.84 Å². The van der Waals surface area contributed by atoms with Gasteiger partial charge in [0.25, 0.3) is 0 Å². The summed E-state index contributed by atoms with van der Waals surface area (Å²) in [6.45, 7) is 4.60. The van der Waals surface area contributed by atoms with E-state index in [1.165, 1.54) is 6.42 Å². The SMILES string of the molecule is CC1(C)CC1C(Cc1cn2ccsc2n1)NN. The minimum Gasteiger partial charge on any atom is -0.297 e. The smallest absolute Gasteiger partial charge is 0.193 e. The van der Waals surface area contributed by atoms with Gasteiger partial charge in [-0.3, -0.25) is 15.7 Å². The number of hydrazine groups is 1. The summed E-state index contributed by atoms with van der Waals surface area (Å²) < 4.78 is 2.08.